The molecule has 0 fully saturated rings. The Morgan fingerprint density at radius 3 is 2.08 bits per heavy atom. The van der Waals surface area contributed by atoms with Gasteiger partial charge in [-0.15, -0.1) is 0 Å². The van der Waals surface area contributed by atoms with E-state index >= 15 is 0 Å². The van der Waals surface area contributed by atoms with Gasteiger partial charge in [-0.1, -0.05) is 0 Å². The molecule has 4 heteroatoms. The molecule has 0 spiro atoms. The van der Waals surface area contributed by atoms with Crippen LogP contribution in [0.25, 0.3) is 45.8 Å². The lowest BCUT2D eigenvalue weighted by Crippen LogP contribution is -1.88. The van der Waals surface area contributed by atoms with Gasteiger partial charge in [0.15, 0.2) is 0 Å². The van der Waals surface area contributed by atoms with Crippen molar-refractivity contribution < 1.29 is 1.37 Å². The third-order valence-corrected chi connectivity index (χ3v) is 4.67. The molecule has 5 rings (SSSR count). The van der Waals surface area contributed by atoms with Crippen LogP contribution in [0.2, 0.25) is 0 Å². The van der Waals surface area contributed by atoms with Gasteiger partial charge in [0.2, 0.25) is 0 Å². The Bertz CT molecular complexity index is 1300. The normalized spacial score (nSPS) is 14.0. The zero-order chi connectivity index (χ0) is 18.5. The van der Waals surface area contributed by atoms with E-state index in [9.17, 15) is 0 Å². The van der Waals surface area contributed by atoms with E-state index in [-0.39, 0.29) is 0 Å². The molecule has 0 amide bonds. The molecule has 0 saturated carbocycles. The summed E-state index contributed by atoms with van der Waals surface area (Å²) in [6, 6.07) is 14.6. The van der Waals surface area contributed by atoms with E-state index in [1.54, 1.807) is 0 Å². The zero-order valence-corrected chi connectivity index (χ0v) is 14.6. The summed E-state index contributed by atoms with van der Waals surface area (Å²) in [6.07, 6.45) is 4.01. The lowest BCUT2D eigenvalue weighted by atomic mass is 10.1. The molecule has 0 aromatic carbocycles. The minimum Gasteiger partial charge on any atom is -0.355 e. The van der Waals surface area contributed by atoms with Crippen molar-refractivity contribution in [3.05, 3.63) is 70.8 Å². The van der Waals surface area contributed by atoms with E-state index < -0.39 is 0 Å². The molecule has 4 nitrogen and oxygen atoms in total. The van der Waals surface area contributed by atoms with Gasteiger partial charge in [-0.25, -0.2) is 9.97 Å². The molecule has 2 N–H and O–H groups in total. The second-order valence-electron chi connectivity index (χ2n) is 6.65. The maximum atomic E-state index is 8.45. The van der Waals surface area contributed by atoms with Crippen LogP contribution in [0.1, 0.15) is 36.6 Å². The van der Waals surface area contributed by atoms with Crippen molar-refractivity contribution in [3.8, 4) is 0 Å². The second-order valence-corrected chi connectivity index (χ2v) is 6.65. The molecule has 2 aliphatic rings. The lowest BCUT2D eigenvalue weighted by Gasteiger charge is -1.98. The molecule has 0 saturated heterocycles. The van der Waals surface area contributed by atoms with Crippen LogP contribution in [-0.4, -0.2) is 19.9 Å². The molecule has 0 atom stereocenters. The summed E-state index contributed by atoms with van der Waals surface area (Å²) in [7, 11) is 0. The largest absolute Gasteiger partial charge is 0.355 e. The molecule has 3 aromatic rings. The van der Waals surface area contributed by atoms with E-state index in [1.165, 1.54) is 0 Å². The predicted molar refractivity (Wildman–Crippen MR) is 108 cm³/mol. The summed E-state index contributed by atoms with van der Waals surface area (Å²) in [5.41, 5.74) is 9.10. The number of aromatic amines is 2. The van der Waals surface area contributed by atoms with Gasteiger partial charge >= 0.3 is 0 Å². The Morgan fingerprint density at radius 1 is 0.769 bits per heavy atom. The van der Waals surface area contributed by atoms with Crippen molar-refractivity contribution in [3.63, 3.8) is 0 Å². The van der Waals surface area contributed by atoms with E-state index in [1.807, 2.05) is 62.4 Å². The summed E-state index contributed by atoms with van der Waals surface area (Å²) in [5.74, 6) is 0. The minimum absolute atomic E-state index is 0.459. The Kier molecular flexibility index (Phi) is 2.96. The molecule has 126 valence electrons. The Morgan fingerprint density at radius 2 is 1.38 bits per heavy atom. The van der Waals surface area contributed by atoms with Gasteiger partial charge < -0.3 is 9.97 Å². The van der Waals surface area contributed by atoms with Crippen LogP contribution in [-0.2, 0) is 0 Å². The Balaban J connectivity index is 1.91. The van der Waals surface area contributed by atoms with Crippen LogP contribution in [0.4, 0.5) is 0 Å². The van der Waals surface area contributed by atoms with E-state index in [0.717, 1.165) is 50.3 Å². The molecular weight excluding hydrogens is 320 g/mol. The number of nitrogens with zero attached hydrogens (tertiary/aromatic N) is 2. The monoisotopic (exact) mass is 339 g/mol. The van der Waals surface area contributed by atoms with Gasteiger partial charge in [0.25, 0.3) is 0 Å². The van der Waals surface area contributed by atoms with Gasteiger partial charge in [-0.2, -0.15) is 0 Å². The first-order valence-electron chi connectivity index (χ1n) is 9.11. The van der Waals surface area contributed by atoms with Crippen molar-refractivity contribution in [1.29, 1.82) is 0 Å². The summed E-state index contributed by atoms with van der Waals surface area (Å²) < 4.78 is 8.45. The van der Waals surface area contributed by atoms with Crippen molar-refractivity contribution in [1.82, 2.24) is 19.9 Å². The number of hydrogen-bond acceptors (Lipinski definition) is 2. The second kappa shape index (κ2) is 5.56. The fraction of sp³-hybridized carbons (Fsp3) is 0.0909. The summed E-state index contributed by atoms with van der Waals surface area (Å²) in [6.45, 7) is 3.96. The number of allylic oxidation sites excluding steroid dienone is 1. The van der Waals surface area contributed by atoms with Crippen molar-refractivity contribution in [2.45, 2.75) is 13.8 Å². The lowest BCUT2D eigenvalue weighted by molar-refractivity contribution is 1.20. The molecule has 5 heterocycles. The molecule has 0 aliphatic carbocycles. The highest BCUT2D eigenvalue weighted by molar-refractivity contribution is 5.85. The van der Waals surface area contributed by atoms with Crippen LogP contribution in [0.5, 0.6) is 0 Å². The van der Waals surface area contributed by atoms with E-state index in [2.05, 4.69) is 16.0 Å². The minimum atomic E-state index is 0.459. The van der Waals surface area contributed by atoms with Crippen molar-refractivity contribution >= 4 is 45.8 Å². The fourth-order valence-electron chi connectivity index (χ4n) is 3.38. The molecule has 0 radical (unpaired) electrons. The maximum Gasteiger partial charge on any atom is 0.0717 e. The number of nitrogens with one attached hydrogen (secondary N) is 2. The number of aromatic nitrogens is 4. The summed E-state index contributed by atoms with van der Waals surface area (Å²) >= 11 is 0. The first-order chi connectivity index (χ1) is 13.1. The average molecular weight is 339 g/mol. The number of rotatable bonds is 0. The van der Waals surface area contributed by atoms with Crippen molar-refractivity contribution in [2.75, 3.05) is 0 Å². The van der Waals surface area contributed by atoms with Crippen LogP contribution in [0.15, 0.2) is 42.5 Å². The predicted octanol–water partition coefficient (Wildman–Crippen LogP) is 5.35. The third kappa shape index (κ3) is 2.56. The Hall–Kier alpha value is -3.40. The quantitative estimate of drug-likeness (QED) is 0.453. The highest BCUT2D eigenvalue weighted by Crippen LogP contribution is 2.26. The number of H-pyrrole nitrogens is 2. The Labute approximate surface area is 152 Å². The first-order valence-corrected chi connectivity index (χ1v) is 8.61. The smallest absolute Gasteiger partial charge is 0.0717 e. The van der Waals surface area contributed by atoms with Crippen LogP contribution in [0.3, 0.4) is 0 Å². The number of fused-ring (bicyclic) bond motifs is 8. The van der Waals surface area contributed by atoms with E-state index in [4.69, 9.17) is 11.3 Å². The molecule has 3 aromatic heterocycles. The number of hydrogen-bond donors (Lipinski definition) is 2. The highest BCUT2D eigenvalue weighted by Gasteiger charge is 2.12. The first kappa shape index (κ1) is 13.8. The van der Waals surface area contributed by atoms with Crippen molar-refractivity contribution in [2.24, 2.45) is 0 Å². The molecule has 2 aliphatic heterocycles. The summed E-state index contributed by atoms with van der Waals surface area (Å²) in [4.78, 5) is 16.2. The molecule has 8 bridgehead atoms. The topological polar surface area (TPSA) is 57.4 Å². The standard InChI is InChI=1S/C22H18N4/c1-13-9-20-12-18-6-5-16(24-18)10-15-3-4-17(23-15)11-19-7-8-21(25-19)14(2)22(13)26-20/h3-12,23-24H,1-2H3/i9D. The molecule has 0 unspecified atom stereocenters. The van der Waals surface area contributed by atoms with Gasteiger partial charge in [-0.3, -0.25) is 0 Å². The maximum absolute atomic E-state index is 8.45. The average Bonchev–Trinajstić information content (AvgIpc) is 3.42. The fourth-order valence-corrected chi connectivity index (χ4v) is 3.38. The van der Waals surface area contributed by atoms with Crippen LogP contribution in [0, 0.1) is 6.92 Å². The van der Waals surface area contributed by atoms with Gasteiger partial charge in [0.1, 0.15) is 0 Å². The van der Waals surface area contributed by atoms with Gasteiger partial charge in [0, 0.05) is 27.6 Å². The van der Waals surface area contributed by atoms with E-state index in [0.29, 0.717) is 11.7 Å². The third-order valence-electron chi connectivity index (χ3n) is 4.67. The zero-order valence-electron chi connectivity index (χ0n) is 15.6. The van der Waals surface area contributed by atoms with Crippen LogP contribution < -0.4 is 0 Å². The van der Waals surface area contributed by atoms with Crippen LogP contribution >= 0.6 is 0 Å². The molecule has 26 heavy (non-hydrogen) atoms. The summed E-state index contributed by atoms with van der Waals surface area (Å²) in [5, 5.41) is 0. The SMILES string of the molecule is [2H]C1=C(C)c2nc1cc1ccc(cc3ccc(cc4nc(c2C)C=C4)[nH]3)[nH]1. The highest BCUT2D eigenvalue weighted by atomic mass is 14.8. The van der Waals surface area contributed by atoms with Gasteiger partial charge in [-0.05, 0) is 80.1 Å². The van der Waals surface area contributed by atoms with Gasteiger partial charge in [0.05, 0.1) is 24.1 Å². The molecular formula is C22H18N4.